The van der Waals surface area contributed by atoms with E-state index in [1.165, 1.54) is 0 Å². The predicted octanol–water partition coefficient (Wildman–Crippen LogP) is 3.41. The van der Waals surface area contributed by atoms with Crippen molar-refractivity contribution < 1.29 is 9.90 Å². The number of Topliss-reactive ketones (excluding diaryl/α,β-unsaturated/α-hetero) is 1. The minimum atomic E-state index is -1.55. The molecule has 5 rings (SSSR count). The number of ketones is 1. The Hall–Kier alpha value is -3.05. The summed E-state index contributed by atoms with van der Waals surface area (Å²) in [5.41, 5.74) is 1.46. The molecular formula is C21H17N3O2. The fourth-order valence-electron chi connectivity index (χ4n) is 3.84. The van der Waals surface area contributed by atoms with E-state index >= 15 is 0 Å². The second kappa shape index (κ2) is 5.22. The molecule has 0 saturated carbocycles. The number of nitrogens with zero attached hydrogens (tertiary/aromatic N) is 3. The molecular weight excluding hydrogens is 326 g/mol. The number of carbonyl (C=O) groups excluding carboxylic acids is 1. The molecule has 1 N–H and O–H groups in total. The Bertz CT molecular complexity index is 1110. The Balaban J connectivity index is 1.66. The summed E-state index contributed by atoms with van der Waals surface area (Å²) in [6.07, 6.45) is 3.91. The molecule has 5 nitrogen and oxygen atoms in total. The van der Waals surface area contributed by atoms with Gasteiger partial charge in [-0.1, -0.05) is 17.7 Å². The monoisotopic (exact) mass is 343 g/mol. The number of aromatic nitrogens is 1. The van der Waals surface area contributed by atoms with Crippen molar-refractivity contribution >= 4 is 33.8 Å². The predicted molar refractivity (Wildman–Crippen MR) is 101 cm³/mol. The summed E-state index contributed by atoms with van der Waals surface area (Å²) in [5, 5.41) is 13.2. The van der Waals surface area contributed by atoms with Crippen molar-refractivity contribution in [2.24, 2.45) is 4.99 Å². The lowest BCUT2D eigenvalue weighted by molar-refractivity contribution is 0.0602. The zero-order chi connectivity index (χ0) is 17.9. The van der Waals surface area contributed by atoms with Crippen LogP contribution in [0.4, 0.5) is 11.4 Å². The first-order valence-electron chi connectivity index (χ1n) is 8.65. The van der Waals surface area contributed by atoms with E-state index in [0.717, 1.165) is 22.0 Å². The van der Waals surface area contributed by atoms with Crippen LogP contribution in [-0.2, 0) is 0 Å². The van der Waals surface area contributed by atoms with Gasteiger partial charge in [0.25, 0.3) is 0 Å². The van der Waals surface area contributed by atoms with Crippen molar-refractivity contribution in [3.05, 3.63) is 66.0 Å². The lowest BCUT2D eigenvalue weighted by atomic mass is 9.87. The van der Waals surface area contributed by atoms with Gasteiger partial charge in [-0.25, -0.2) is 4.99 Å². The number of fused-ring (bicyclic) bond motifs is 3. The molecule has 2 aliphatic heterocycles. The van der Waals surface area contributed by atoms with Crippen LogP contribution in [0.3, 0.4) is 0 Å². The molecule has 1 fully saturated rings. The van der Waals surface area contributed by atoms with Gasteiger partial charge in [0.1, 0.15) is 5.84 Å². The molecule has 0 amide bonds. The van der Waals surface area contributed by atoms with Crippen LogP contribution in [0.25, 0.3) is 10.8 Å². The minimum absolute atomic E-state index is 0.258. The average molecular weight is 343 g/mol. The topological polar surface area (TPSA) is 65.8 Å². The maximum Gasteiger partial charge on any atom is 0.204 e. The first-order chi connectivity index (χ1) is 12.6. The number of anilines is 1. The number of amidine groups is 1. The number of hydrogen-bond acceptors (Lipinski definition) is 5. The summed E-state index contributed by atoms with van der Waals surface area (Å²) in [5.74, 6) is 0.160. The highest BCUT2D eigenvalue weighted by Crippen LogP contribution is 2.40. The number of rotatable bonds is 1. The number of aliphatic imine (C=N–C) groups is 1. The molecule has 0 spiro atoms. The zero-order valence-corrected chi connectivity index (χ0v) is 14.3. The van der Waals surface area contributed by atoms with E-state index in [2.05, 4.69) is 9.98 Å². The molecule has 0 aliphatic carbocycles. The third-order valence-corrected chi connectivity index (χ3v) is 5.26. The van der Waals surface area contributed by atoms with Crippen LogP contribution in [0.2, 0.25) is 0 Å². The van der Waals surface area contributed by atoms with Crippen molar-refractivity contribution in [2.75, 3.05) is 11.4 Å². The van der Waals surface area contributed by atoms with Gasteiger partial charge < -0.3 is 10.0 Å². The SMILES string of the molecule is Cc1ccc2c(c1)C(=O)C1(O)CCN(c3ccc4ccncc4c3)C1=N2. The Morgan fingerprint density at radius 1 is 1.12 bits per heavy atom. The van der Waals surface area contributed by atoms with Crippen molar-refractivity contribution in [1.82, 2.24) is 4.98 Å². The first kappa shape index (κ1) is 15.2. The van der Waals surface area contributed by atoms with Gasteiger partial charge in [0.05, 0.1) is 5.69 Å². The second-order valence-electron chi connectivity index (χ2n) is 6.95. The van der Waals surface area contributed by atoms with Gasteiger partial charge in [-0.2, -0.15) is 0 Å². The summed E-state index contributed by atoms with van der Waals surface area (Å²) >= 11 is 0. The van der Waals surface area contributed by atoms with Gasteiger partial charge in [-0.15, -0.1) is 0 Å². The second-order valence-corrected chi connectivity index (χ2v) is 6.95. The van der Waals surface area contributed by atoms with E-state index in [4.69, 9.17) is 0 Å². The van der Waals surface area contributed by atoms with Crippen molar-refractivity contribution in [1.29, 1.82) is 0 Å². The third kappa shape index (κ3) is 2.04. The molecule has 0 radical (unpaired) electrons. The molecule has 26 heavy (non-hydrogen) atoms. The van der Waals surface area contributed by atoms with Crippen LogP contribution in [0.1, 0.15) is 22.3 Å². The summed E-state index contributed by atoms with van der Waals surface area (Å²) in [6, 6.07) is 13.6. The van der Waals surface area contributed by atoms with E-state index in [0.29, 0.717) is 30.1 Å². The standard InChI is InChI=1S/C21H17N3O2/c1-13-2-5-18-17(10-13)19(25)21(26)7-9-24(20(21)23-18)16-4-3-14-6-8-22-12-15(14)11-16/h2-6,8,10-12,26H,7,9H2,1H3. The van der Waals surface area contributed by atoms with Gasteiger partial charge in [-0.05, 0) is 42.6 Å². The van der Waals surface area contributed by atoms with Crippen LogP contribution < -0.4 is 4.90 Å². The Labute approximate surface area is 150 Å². The summed E-state index contributed by atoms with van der Waals surface area (Å²) in [7, 11) is 0. The molecule has 5 heteroatoms. The van der Waals surface area contributed by atoms with E-state index < -0.39 is 5.60 Å². The number of hydrogen-bond donors (Lipinski definition) is 1. The van der Waals surface area contributed by atoms with E-state index in [9.17, 15) is 9.90 Å². The molecule has 1 aromatic heterocycles. The van der Waals surface area contributed by atoms with Crippen LogP contribution in [0.15, 0.2) is 59.9 Å². The summed E-state index contributed by atoms with van der Waals surface area (Å²) in [4.78, 5) is 23.8. The summed E-state index contributed by atoms with van der Waals surface area (Å²) < 4.78 is 0. The lowest BCUT2D eigenvalue weighted by Crippen LogP contribution is -2.48. The maximum atomic E-state index is 13.0. The molecule has 128 valence electrons. The largest absolute Gasteiger partial charge is 0.374 e. The van der Waals surface area contributed by atoms with Crippen LogP contribution in [0, 0.1) is 6.92 Å². The number of aliphatic hydroxyl groups is 1. The van der Waals surface area contributed by atoms with Crippen molar-refractivity contribution in [2.45, 2.75) is 18.9 Å². The maximum absolute atomic E-state index is 13.0. The Morgan fingerprint density at radius 3 is 2.88 bits per heavy atom. The molecule has 1 saturated heterocycles. The van der Waals surface area contributed by atoms with E-state index in [1.807, 2.05) is 54.4 Å². The molecule has 0 bridgehead atoms. The van der Waals surface area contributed by atoms with Crippen LogP contribution >= 0.6 is 0 Å². The highest BCUT2D eigenvalue weighted by atomic mass is 16.3. The van der Waals surface area contributed by atoms with E-state index in [1.54, 1.807) is 12.3 Å². The van der Waals surface area contributed by atoms with Gasteiger partial charge in [0, 0.05) is 42.0 Å². The van der Waals surface area contributed by atoms with Gasteiger partial charge in [0.2, 0.25) is 5.78 Å². The van der Waals surface area contributed by atoms with Gasteiger partial charge >= 0.3 is 0 Å². The highest BCUT2D eigenvalue weighted by molar-refractivity contribution is 6.28. The normalized spacial score (nSPS) is 21.5. The fraction of sp³-hybridized carbons (Fsp3) is 0.190. The summed E-state index contributed by atoms with van der Waals surface area (Å²) in [6.45, 7) is 2.47. The Morgan fingerprint density at radius 2 is 2.00 bits per heavy atom. The average Bonchev–Trinajstić information content (AvgIpc) is 3.00. The molecule has 2 aliphatic rings. The zero-order valence-electron chi connectivity index (χ0n) is 14.3. The lowest BCUT2D eigenvalue weighted by Gasteiger charge is -2.30. The smallest absolute Gasteiger partial charge is 0.204 e. The molecule has 2 aromatic carbocycles. The minimum Gasteiger partial charge on any atom is -0.374 e. The Kier molecular flexibility index (Phi) is 3.06. The number of benzene rings is 2. The van der Waals surface area contributed by atoms with Gasteiger partial charge in [0.15, 0.2) is 5.60 Å². The first-order valence-corrected chi connectivity index (χ1v) is 8.65. The van der Waals surface area contributed by atoms with E-state index in [-0.39, 0.29) is 5.78 Å². The van der Waals surface area contributed by atoms with Crippen molar-refractivity contribution in [3.8, 4) is 0 Å². The van der Waals surface area contributed by atoms with Crippen molar-refractivity contribution in [3.63, 3.8) is 0 Å². The fourth-order valence-corrected chi connectivity index (χ4v) is 3.84. The van der Waals surface area contributed by atoms with Crippen LogP contribution in [0.5, 0.6) is 0 Å². The number of aryl methyl sites for hydroxylation is 1. The number of pyridine rings is 1. The molecule has 3 heterocycles. The molecule has 1 atom stereocenters. The van der Waals surface area contributed by atoms with Gasteiger partial charge in [-0.3, -0.25) is 9.78 Å². The number of carbonyl (C=O) groups is 1. The highest BCUT2D eigenvalue weighted by Gasteiger charge is 2.52. The quantitative estimate of drug-likeness (QED) is 0.735. The van der Waals surface area contributed by atoms with Crippen LogP contribution in [-0.4, -0.2) is 33.9 Å². The molecule has 3 aromatic rings. The molecule has 1 unspecified atom stereocenters. The third-order valence-electron chi connectivity index (χ3n) is 5.26.